The molecule has 9 heteroatoms. The summed E-state index contributed by atoms with van der Waals surface area (Å²) in [7, 11) is -4.00. The standard InChI is InChI=1S/C8H8O3S.C6HF5.C2H4/c9-12(10,11)7-6-8-4-2-1-3-5-8;7-2-1-3(8)5(10)6(11)4(2)9;1-2/h1-7H,(H,9,10,11);1H;1-2H2. The molecule has 0 amide bonds. The number of hydrogen-bond acceptors (Lipinski definition) is 2. The first-order valence-corrected chi connectivity index (χ1v) is 7.81. The molecule has 0 spiro atoms. The maximum Gasteiger partial charge on any atom is 0.287 e. The summed E-state index contributed by atoms with van der Waals surface area (Å²) in [5, 5.41) is 0.752. The van der Waals surface area contributed by atoms with Crippen LogP contribution in [0.5, 0.6) is 0 Å². The van der Waals surface area contributed by atoms with Crippen molar-refractivity contribution in [1.82, 2.24) is 0 Å². The van der Waals surface area contributed by atoms with Crippen molar-refractivity contribution in [2.45, 2.75) is 0 Å². The quantitative estimate of drug-likeness (QED) is 0.269. The van der Waals surface area contributed by atoms with Crippen LogP contribution < -0.4 is 0 Å². The Kier molecular flexibility index (Phi) is 9.32. The minimum Gasteiger partial charge on any atom is -0.282 e. The van der Waals surface area contributed by atoms with E-state index in [1.165, 1.54) is 6.08 Å². The summed E-state index contributed by atoms with van der Waals surface area (Å²) < 4.78 is 89.0. The van der Waals surface area contributed by atoms with Crippen molar-refractivity contribution in [1.29, 1.82) is 0 Å². The Morgan fingerprint density at radius 1 is 0.840 bits per heavy atom. The molecule has 0 atom stereocenters. The number of hydrogen-bond donors (Lipinski definition) is 1. The van der Waals surface area contributed by atoms with Crippen LogP contribution in [0.25, 0.3) is 6.08 Å². The van der Waals surface area contributed by atoms with E-state index >= 15 is 0 Å². The molecule has 2 aromatic carbocycles. The zero-order chi connectivity index (χ0) is 19.6. The van der Waals surface area contributed by atoms with E-state index in [-0.39, 0.29) is 6.07 Å². The fourth-order valence-electron chi connectivity index (χ4n) is 1.27. The van der Waals surface area contributed by atoms with E-state index in [1.54, 1.807) is 24.3 Å². The number of halogens is 5. The zero-order valence-electron chi connectivity index (χ0n) is 12.6. The summed E-state index contributed by atoms with van der Waals surface area (Å²) in [5.41, 5.74) is 0.732. The summed E-state index contributed by atoms with van der Waals surface area (Å²) >= 11 is 0. The molecule has 2 aromatic rings. The molecule has 0 saturated carbocycles. The molecule has 0 unspecified atom stereocenters. The van der Waals surface area contributed by atoms with Gasteiger partial charge in [-0.1, -0.05) is 30.3 Å². The van der Waals surface area contributed by atoms with Gasteiger partial charge in [-0.3, -0.25) is 4.55 Å². The lowest BCUT2D eigenvalue weighted by Crippen LogP contribution is -1.98. The highest BCUT2D eigenvalue weighted by atomic mass is 32.2. The van der Waals surface area contributed by atoms with Gasteiger partial charge in [-0.25, -0.2) is 22.0 Å². The Balaban J connectivity index is 0.000000421. The van der Waals surface area contributed by atoms with Gasteiger partial charge in [-0.2, -0.15) is 8.42 Å². The Hall–Kier alpha value is -2.52. The van der Waals surface area contributed by atoms with Crippen LogP contribution in [0, 0.1) is 29.1 Å². The van der Waals surface area contributed by atoms with Crippen LogP contribution in [0.2, 0.25) is 0 Å². The van der Waals surface area contributed by atoms with Gasteiger partial charge in [-0.05, 0) is 11.6 Å². The third-order valence-corrected chi connectivity index (χ3v) is 2.77. The average Bonchev–Trinajstić information content (AvgIpc) is 2.59. The highest BCUT2D eigenvalue weighted by Crippen LogP contribution is 2.16. The number of benzene rings is 2. The molecule has 0 bridgehead atoms. The molecular formula is C16H13F5O3S. The van der Waals surface area contributed by atoms with Crippen LogP contribution in [0.1, 0.15) is 5.56 Å². The summed E-state index contributed by atoms with van der Waals surface area (Å²) in [6.07, 6.45) is 1.33. The molecule has 136 valence electrons. The van der Waals surface area contributed by atoms with Crippen molar-refractivity contribution in [2.24, 2.45) is 0 Å². The highest BCUT2D eigenvalue weighted by Gasteiger charge is 2.18. The van der Waals surface area contributed by atoms with Gasteiger partial charge in [0.2, 0.25) is 5.82 Å². The molecule has 3 nitrogen and oxygen atoms in total. The Morgan fingerprint density at radius 2 is 1.28 bits per heavy atom. The summed E-state index contributed by atoms with van der Waals surface area (Å²) in [4.78, 5) is 0. The molecule has 0 aliphatic rings. The minimum atomic E-state index is -4.00. The van der Waals surface area contributed by atoms with Crippen molar-refractivity contribution >= 4 is 16.2 Å². The smallest absolute Gasteiger partial charge is 0.282 e. The van der Waals surface area contributed by atoms with Crippen molar-refractivity contribution in [3.05, 3.63) is 89.6 Å². The molecule has 0 aliphatic carbocycles. The molecule has 0 aromatic heterocycles. The third kappa shape index (κ3) is 8.23. The lowest BCUT2D eigenvalue weighted by atomic mass is 10.2. The lowest BCUT2D eigenvalue weighted by molar-refractivity contribution is 0.378. The second-order valence-corrected chi connectivity index (χ2v) is 5.31. The van der Waals surface area contributed by atoms with E-state index in [0.717, 1.165) is 11.0 Å². The molecule has 0 saturated heterocycles. The second-order valence-electron chi connectivity index (χ2n) is 4.01. The van der Waals surface area contributed by atoms with Gasteiger partial charge in [-0.15, -0.1) is 13.2 Å². The highest BCUT2D eigenvalue weighted by molar-refractivity contribution is 7.88. The first kappa shape index (κ1) is 22.5. The van der Waals surface area contributed by atoms with Crippen LogP contribution in [-0.2, 0) is 10.1 Å². The van der Waals surface area contributed by atoms with Crippen molar-refractivity contribution in [3.63, 3.8) is 0 Å². The van der Waals surface area contributed by atoms with Gasteiger partial charge in [0, 0.05) is 6.07 Å². The zero-order valence-corrected chi connectivity index (χ0v) is 13.4. The van der Waals surface area contributed by atoms with E-state index in [0.29, 0.717) is 0 Å². The normalized spacial score (nSPS) is 10.5. The van der Waals surface area contributed by atoms with Gasteiger partial charge in [0.1, 0.15) is 0 Å². The van der Waals surface area contributed by atoms with Crippen molar-refractivity contribution < 1.29 is 34.9 Å². The van der Waals surface area contributed by atoms with Gasteiger partial charge in [0.25, 0.3) is 10.1 Å². The van der Waals surface area contributed by atoms with E-state index in [9.17, 15) is 30.4 Å². The molecule has 0 heterocycles. The van der Waals surface area contributed by atoms with Crippen LogP contribution in [0.15, 0.2) is 55.0 Å². The molecule has 25 heavy (non-hydrogen) atoms. The van der Waals surface area contributed by atoms with Gasteiger partial charge >= 0.3 is 0 Å². The van der Waals surface area contributed by atoms with E-state index in [4.69, 9.17) is 4.55 Å². The molecular weight excluding hydrogens is 367 g/mol. The largest absolute Gasteiger partial charge is 0.287 e. The van der Waals surface area contributed by atoms with E-state index in [1.807, 2.05) is 6.07 Å². The van der Waals surface area contributed by atoms with Crippen LogP contribution >= 0.6 is 0 Å². The first-order valence-electron chi connectivity index (χ1n) is 6.31. The maximum atomic E-state index is 12.0. The molecule has 0 radical (unpaired) electrons. The SMILES string of the molecule is C=C.Fc1cc(F)c(F)c(F)c1F.O=S(=O)(O)C=Cc1ccccc1. The molecule has 0 aliphatic heterocycles. The maximum absolute atomic E-state index is 12.0. The summed E-state index contributed by atoms with van der Waals surface area (Å²) in [5.74, 6) is -9.65. The van der Waals surface area contributed by atoms with Crippen LogP contribution in [-0.4, -0.2) is 13.0 Å². The summed E-state index contributed by atoms with van der Waals surface area (Å²) in [6.45, 7) is 6.00. The average molecular weight is 380 g/mol. The van der Waals surface area contributed by atoms with Crippen molar-refractivity contribution in [2.75, 3.05) is 0 Å². The lowest BCUT2D eigenvalue weighted by Gasteiger charge is -1.96. The van der Waals surface area contributed by atoms with Crippen LogP contribution in [0.4, 0.5) is 22.0 Å². The Labute approximate surface area is 141 Å². The van der Waals surface area contributed by atoms with E-state index < -0.39 is 39.2 Å². The van der Waals surface area contributed by atoms with Gasteiger partial charge in [0.15, 0.2) is 23.3 Å². The predicted octanol–water partition coefficient (Wildman–Crippen LogP) is 4.73. The fraction of sp³-hybridized carbons (Fsp3) is 0. The Morgan fingerprint density at radius 3 is 1.68 bits per heavy atom. The number of rotatable bonds is 2. The van der Waals surface area contributed by atoms with Crippen molar-refractivity contribution in [3.8, 4) is 0 Å². The van der Waals surface area contributed by atoms with Crippen LogP contribution in [0.3, 0.4) is 0 Å². The topological polar surface area (TPSA) is 54.4 Å². The van der Waals surface area contributed by atoms with Gasteiger partial charge in [0.05, 0.1) is 5.41 Å². The molecule has 2 rings (SSSR count). The monoisotopic (exact) mass is 380 g/mol. The molecule has 0 fully saturated rings. The molecule has 1 N–H and O–H groups in total. The third-order valence-electron chi connectivity index (χ3n) is 2.29. The Bertz CT molecular complexity index is 795. The second kappa shape index (κ2) is 10.4. The first-order chi connectivity index (χ1) is 11.6. The summed E-state index contributed by atoms with van der Waals surface area (Å²) in [6, 6.07) is 8.80. The van der Waals surface area contributed by atoms with Gasteiger partial charge < -0.3 is 0 Å². The fourth-order valence-corrected chi connectivity index (χ4v) is 1.60. The predicted molar refractivity (Wildman–Crippen MR) is 84.5 cm³/mol. The van der Waals surface area contributed by atoms with E-state index in [2.05, 4.69) is 13.2 Å². The minimum absolute atomic E-state index is 0.0618.